The van der Waals surface area contributed by atoms with Gasteiger partial charge < -0.3 is 14.8 Å². The van der Waals surface area contributed by atoms with Crippen LogP contribution < -0.4 is 5.32 Å². The lowest BCUT2D eigenvalue weighted by Crippen LogP contribution is -2.47. The molecule has 0 saturated carbocycles. The average molecular weight is 318 g/mol. The SMILES string of the molecule is COCCNC(=O)[C@@H]1CCC(=O)N1[C@@H]1OC(=O)c2ccccc21. The van der Waals surface area contributed by atoms with Gasteiger partial charge in [0.15, 0.2) is 0 Å². The Hall–Kier alpha value is -2.41. The van der Waals surface area contributed by atoms with Crippen molar-refractivity contribution in [1.29, 1.82) is 0 Å². The van der Waals surface area contributed by atoms with Crippen LogP contribution in [0.2, 0.25) is 0 Å². The van der Waals surface area contributed by atoms with E-state index in [-0.39, 0.29) is 18.2 Å². The van der Waals surface area contributed by atoms with E-state index in [1.54, 1.807) is 31.4 Å². The lowest BCUT2D eigenvalue weighted by molar-refractivity contribution is -0.145. The van der Waals surface area contributed by atoms with Crippen molar-refractivity contribution in [2.24, 2.45) is 0 Å². The summed E-state index contributed by atoms with van der Waals surface area (Å²) in [6.07, 6.45) is -0.154. The molecule has 2 aliphatic heterocycles. The van der Waals surface area contributed by atoms with Gasteiger partial charge in [0, 0.05) is 25.6 Å². The molecule has 1 aromatic carbocycles. The highest BCUT2D eigenvalue weighted by atomic mass is 16.6. The predicted octanol–water partition coefficient (Wildman–Crippen LogP) is 0.609. The number of nitrogens with one attached hydrogen (secondary N) is 1. The van der Waals surface area contributed by atoms with Crippen LogP contribution in [0.15, 0.2) is 24.3 Å². The lowest BCUT2D eigenvalue weighted by Gasteiger charge is -2.29. The minimum atomic E-state index is -0.827. The molecular weight excluding hydrogens is 300 g/mol. The molecule has 1 saturated heterocycles. The topological polar surface area (TPSA) is 84.9 Å². The van der Waals surface area contributed by atoms with Crippen LogP contribution in [0.3, 0.4) is 0 Å². The quantitative estimate of drug-likeness (QED) is 0.635. The van der Waals surface area contributed by atoms with Crippen molar-refractivity contribution in [3.63, 3.8) is 0 Å². The maximum absolute atomic E-state index is 12.3. The molecule has 0 spiro atoms. The number of amides is 2. The molecule has 1 fully saturated rings. The first-order valence-electron chi connectivity index (χ1n) is 7.51. The molecule has 0 radical (unpaired) electrons. The Bertz CT molecular complexity index is 645. The maximum atomic E-state index is 12.3. The highest BCUT2D eigenvalue weighted by Crippen LogP contribution is 2.38. The summed E-state index contributed by atoms with van der Waals surface area (Å²) in [4.78, 5) is 37.9. The van der Waals surface area contributed by atoms with E-state index >= 15 is 0 Å². The van der Waals surface area contributed by atoms with Crippen LogP contribution in [0.4, 0.5) is 0 Å². The molecular formula is C16H18N2O5. The number of benzene rings is 1. The molecule has 1 aromatic rings. The monoisotopic (exact) mass is 318 g/mol. The fourth-order valence-corrected chi connectivity index (χ4v) is 2.98. The highest BCUT2D eigenvalue weighted by Gasteiger charge is 2.46. The van der Waals surface area contributed by atoms with Gasteiger partial charge in [-0.05, 0) is 12.5 Å². The van der Waals surface area contributed by atoms with Crippen molar-refractivity contribution >= 4 is 17.8 Å². The first-order valence-corrected chi connectivity index (χ1v) is 7.51. The molecule has 1 N–H and O–H groups in total. The number of ether oxygens (including phenoxy) is 2. The van der Waals surface area contributed by atoms with Gasteiger partial charge in [-0.1, -0.05) is 18.2 Å². The van der Waals surface area contributed by atoms with E-state index in [0.717, 1.165) is 0 Å². The number of cyclic esters (lactones) is 1. The van der Waals surface area contributed by atoms with Gasteiger partial charge in [-0.25, -0.2) is 4.79 Å². The zero-order chi connectivity index (χ0) is 16.4. The predicted molar refractivity (Wildman–Crippen MR) is 79.4 cm³/mol. The Kier molecular flexibility index (Phi) is 4.29. The second-order valence-electron chi connectivity index (χ2n) is 5.48. The number of hydrogen-bond donors (Lipinski definition) is 1. The molecule has 7 heteroatoms. The van der Waals surface area contributed by atoms with E-state index in [1.807, 2.05) is 0 Å². The van der Waals surface area contributed by atoms with Crippen molar-refractivity contribution in [2.45, 2.75) is 25.1 Å². The maximum Gasteiger partial charge on any atom is 0.340 e. The number of nitrogens with zero attached hydrogens (tertiary/aromatic N) is 1. The molecule has 0 bridgehead atoms. The lowest BCUT2D eigenvalue weighted by atomic mass is 10.1. The Balaban J connectivity index is 1.81. The summed E-state index contributed by atoms with van der Waals surface area (Å²) in [5.74, 6) is -0.913. The van der Waals surface area contributed by atoms with E-state index in [9.17, 15) is 14.4 Å². The van der Waals surface area contributed by atoms with Gasteiger partial charge in [-0.3, -0.25) is 14.5 Å². The van der Waals surface area contributed by atoms with Crippen LogP contribution in [0.1, 0.15) is 35.0 Å². The van der Waals surface area contributed by atoms with Crippen molar-refractivity contribution in [3.05, 3.63) is 35.4 Å². The van der Waals surface area contributed by atoms with E-state index in [1.165, 1.54) is 4.90 Å². The van der Waals surface area contributed by atoms with Gasteiger partial charge in [0.1, 0.15) is 6.04 Å². The van der Waals surface area contributed by atoms with Crippen LogP contribution in [-0.4, -0.2) is 49.0 Å². The molecule has 0 aromatic heterocycles. The van der Waals surface area contributed by atoms with Gasteiger partial charge in [0.2, 0.25) is 18.0 Å². The summed E-state index contributed by atoms with van der Waals surface area (Å²) in [6.45, 7) is 0.766. The number of hydrogen-bond acceptors (Lipinski definition) is 5. The molecule has 2 atom stereocenters. The summed E-state index contributed by atoms with van der Waals surface area (Å²) < 4.78 is 10.3. The van der Waals surface area contributed by atoms with Gasteiger partial charge >= 0.3 is 5.97 Å². The summed E-state index contributed by atoms with van der Waals surface area (Å²) >= 11 is 0. The fraction of sp³-hybridized carbons (Fsp3) is 0.438. The Labute approximate surface area is 133 Å². The van der Waals surface area contributed by atoms with Crippen LogP contribution >= 0.6 is 0 Å². The fourth-order valence-electron chi connectivity index (χ4n) is 2.98. The number of fused-ring (bicyclic) bond motifs is 1. The minimum absolute atomic E-state index is 0.189. The van der Waals surface area contributed by atoms with Gasteiger partial charge in [0.25, 0.3) is 0 Å². The summed E-state index contributed by atoms with van der Waals surface area (Å²) in [7, 11) is 1.55. The second kappa shape index (κ2) is 6.37. The largest absolute Gasteiger partial charge is 0.433 e. The highest BCUT2D eigenvalue weighted by molar-refractivity contribution is 5.96. The van der Waals surface area contributed by atoms with Crippen molar-refractivity contribution in [3.8, 4) is 0 Å². The average Bonchev–Trinajstić information content (AvgIpc) is 3.08. The van der Waals surface area contributed by atoms with Crippen LogP contribution in [0.5, 0.6) is 0 Å². The molecule has 3 rings (SSSR count). The zero-order valence-corrected chi connectivity index (χ0v) is 12.8. The Morgan fingerprint density at radius 2 is 2.17 bits per heavy atom. The first kappa shape index (κ1) is 15.5. The smallest absolute Gasteiger partial charge is 0.340 e. The normalized spacial score (nSPS) is 22.9. The molecule has 23 heavy (non-hydrogen) atoms. The summed E-state index contributed by atoms with van der Waals surface area (Å²) in [6, 6.07) is 6.29. The molecule has 7 nitrogen and oxygen atoms in total. The van der Waals surface area contributed by atoms with Gasteiger partial charge in [-0.15, -0.1) is 0 Å². The third-order valence-corrected chi connectivity index (χ3v) is 4.08. The second-order valence-corrected chi connectivity index (χ2v) is 5.48. The number of methoxy groups -OCH3 is 1. The number of likely N-dealkylation sites (tertiary alicyclic amines) is 1. The summed E-state index contributed by atoms with van der Waals surface area (Å²) in [5.41, 5.74) is 1.07. The van der Waals surface area contributed by atoms with E-state index < -0.39 is 18.2 Å². The van der Waals surface area contributed by atoms with Gasteiger partial charge in [0.05, 0.1) is 12.2 Å². The molecule has 122 valence electrons. The van der Waals surface area contributed by atoms with E-state index in [2.05, 4.69) is 5.32 Å². The van der Waals surface area contributed by atoms with Crippen molar-refractivity contribution in [2.75, 3.05) is 20.3 Å². The van der Waals surface area contributed by atoms with Gasteiger partial charge in [-0.2, -0.15) is 0 Å². The third-order valence-electron chi connectivity index (χ3n) is 4.08. The molecule has 2 heterocycles. The Morgan fingerprint density at radius 1 is 1.39 bits per heavy atom. The van der Waals surface area contributed by atoms with E-state index in [4.69, 9.17) is 9.47 Å². The molecule has 0 unspecified atom stereocenters. The first-order chi connectivity index (χ1) is 11.1. The zero-order valence-electron chi connectivity index (χ0n) is 12.8. The third kappa shape index (κ3) is 2.79. The van der Waals surface area contributed by atoms with Crippen LogP contribution in [-0.2, 0) is 19.1 Å². The number of esters is 1. The molecule has 2 aliphatic rings. The number of carbonyl (C=O) groups excluding carboxylic acids is 3. The number of rotatable bonds is 5. The minimum Gasteiger partial charge on any atom is -0.433 e. The molecule has 2 amide bonds. The standard InChI is InChI=1S/C16H18N2O5/c1-22-9-8-17-14(20)12-6-7-13(19)18(12)15-10-4-2-3-5-11(10)16(21)23-15/h2-5,12,15H,6-9H2,1H3,(H,17,20)/t12-,15+/m0/s1. The van der Waals surface area contributed by atoms with Crippen LogP contribution in [0, 0.1) is 0 Å². The van der Waals surface area contributed by atoms with Crippen molar-refractivity contribution < 1.29 is 23.9 Å². The summed E-state index contributed by atoms with van der Waals surface area (Å²) in [5, 5.41) is 2.74. The number of carbonyl (C=O) groups is 3. The van der Waals surface area contributed by atoms with Crippen LogP contribution in [0.25, 0.3) is 0 Å². The van der Waals surface area contributed by atoms with Crippen molar-refractivity contribution in [1.82, 2.24) is 10.2 Å². The molecule has 0 aliphatic carbocycles. The Morgan fingerprint density at radius 3 is 2.96 bits per heavy atom. The van der Waals surface area contributed by atoms with E-state index in [0.29, 0.717) is 30.7 Å².